The van der Waals surface area contributed by atoms with E-state index in [4.69, 9.17) is 28.8 Å². The second-order valence-corrected chi connectivity index (χ2v) is 10.2. The molecule has 2 N–H and O–H groups in total. The lowest BCUT2D eigenvalue weighted by Gasteiger charge is -2.38. The number of hydrogen-bond donors (Lipinski definition) is 2. The summed E-state index contributed by atoms with van der Waals surface area (Å²) >= 11 is 12.0. The second kappa shape index (κ2) is 10.3. The van der Waals surface area contributed by atoms with Crippen LogP contribution in [0.5, 0.6) is 0 Å². The zero-order valence-electron chi connectivity index (χ0n) is 19.2. The highest BCUT2D eigenvalue weighted by Crippen LogP contribution is 2.39. The molecule has 172 valence electrons. The highest BCUT2D eigenvalue weighted by atomic mass is 35.5. The molecule has 0 spiro atoms. The highest BCUT2D eigenvalue weighted by Gasteiger charge is 2.34. The van der Waals surface area contributed by atoms with Crippen LogP contribution in [0.3, 0.4) is 0 Å². The summed E-state index contributed by atoms with van der Waals surface area (Å²) in [5, 5.41) is 8.07. The van der Waals surface area contributed by atoms with Crippen molar-refractivity contribution in [1.82, 2.24) is 15.3 Å². The summed E-state index contributed by atoms with van der Waals surface area (Å²) in [4.78, 5) is 11.8. The van der Waals surface area contributed by atoms with Crippen LogP contribution >= 0.6 is 23.8 Å². The van der Waals surface area contributed by atoms with Gasteiger partial charge >= 0.3 is 0 Å². The molecule has 1 aliphatic carbocycles. The van der Waals surface area contributed by atoms with Gasteiger partial charge in [0.2, 0.25) is 5.95 Å². The van der Waals surface area contributed by atoms with Crippen molar-refractivity contribution >= 4 is 40.7 Å². The van der Waals surface area contributed by atoms with Gasteiger partial charge in [-0.15, -0.1) is 0 Å². The van der Waals surface area contributed by atoms with Crippen molar-refractivity contribution in [3.05, 3.63) is 46.6 Å². The smallest absolute Gasteiger partial charge is 0.231 e. The van der Waals surface area contributed by atoms with Gasteiger partial charge in [-0.2, -0.15) is 4.98 Å². The molecule has 7 heteroatoms. The van der Waals surface area contributed by atoms with Crippen molar-refractivity contribution in [2.24, 2.45) is 0 Å². The first kappa shape index (κ1) is 23.2. The van der Waals surface area contributed by atoms with Crippen molar-refractivity contribution in [2.45, 2.75) is 76.7 Å². The second-order valence-electron chi connectivity index (χ2n) is 9.39. The molecule has 5 nitrogen and oxygen atoms in total. The van der Waals surface area contributed by atoms with Gasteiger partial charge in [0.15, 0.2) is 5.11 Å². The summed E-state index contributed by atoms with van der Waals surface area (Å²) < 4.78 is 0. The van der Waals surface area contributed by atoms with Crippen LogP contribution in [0.25, 0.3) is 0 Å². The lowest BCUT2D eigenvalue weighted by atomic mass is 9.69. The fraction of sp³-hybridized carbons (Fsp3) is 0.560. The van der Waals surface area contributed by atoms with Gasteiger partial charge in [-0.05, 0) is 75.9 Å². The summed E-state index contributed by atoms with van der Waals surface area (Å²) in [7, 11) is 0. The van der Waals surface area contributed by atoms with Crippen LogP contribution < -0.4 is 15.5 Å². The Balaban J connectivity index is 1.45. The van der Waals surface area contributed by atoms with Crippen LogP contribution in [0.15, 0.2) is 30.3 Å². The summed E-state index contributed by atoms with van der Waals surface area (Å²) in [5.41, 5.74) is 2.30. The maximum atomic E-state index is 6.32. The van der Waals surface area contributed by atoms with Gasteiger partial charge in [-0.3, -0.25) is 0 Å². The third kappa shape index (κ3) is 5.52. The minimum Gasteiger partial charge on any atom is -0.361 e. The molecule has 0 amide bonds. The molecule has 0 bridgehead atoms. The maximum Gasteiger partial charge on any atom is 0.231 e. The standard InChI is InChI=1S/C25H34ClN5S/c1-18-15-22(31-14-7-4-9-19(31)2)29-23(28-18)30-24(32)27-17-25(12-5-3-6-13-25)20-10-8-11-21(26)16-20/h8,10-11,15-16,19H,3-7,9,12-14,17H2,1-2H3,(H2,27,28,29,30,32). The Bertz CT molecular complexity index is 944. The third-order valence-corrected chi connectivity index (χ3v) is 7.48. The molecule has 1 aromatic heterocycles. The molecule has 32 heavy (non-hydrogen) atoms. The topological polar surface area (TPSA) is 53.1 Å². The molecule has 1 atom stereocenters. The fourth-order valence-corrected chi connectivity index (χ4v) is 5.56. The van der Waals surface area contributed by atoms with E-state index in [2.05, 4.69) is 45.6 Å². The molecule has 2 fully saturated rings. The number of benzene rings is 1. The van der Waals surface area contributed by atoms with Gasteiger partial charge in [0.1, 0.15) is 5.82 Å². The van der Waals surface area contributed by atoms with Crippen LogP contribution in [0.2, 0.25) is 5.02 Å². The number of anilines is 2. The van der Waals surface area contributed by atoms with Crippen LogP contribution in [0, 0.1) is 6.92 Å². The maximum absolute atomic E-state index is 6.32. The zero-order chi connectivity index (χ0) is 22.6. The van der Waals surface area contributed by atoms with Crippen molar-refractivity contribution in [1.29, 1.82) is 0 Å². The molecule has 1 saturated carbocycles. The van der Waals surface area contributed by atoms with Crippen LogP contribution in [-0.2, 0) is 5.41 Å². The Morgan fingerprint density at radius 1 is 1.16 bits per heavy atom. The number of aromatic nitrogens is 2. The molecule has 1 aliphatic heterocycles. The molecule has 2 aromatic rings. The number of hydrogen-bond acceptors (Lipinski definition) is 4. The monoisotopic (exact) mass is 471 g/mol. The molecule has 2 heterocycles. The molecular formula is C25H34ClN5S. The number of halogens is 1. The predicted octanol–water partition coefficient (Wildman–Crippen LogP) is 6.01. The van der Waals surface area contributed by atoms with Gasteiger partial charge in [0.05, 0.1) is 0 Å². The fourth-order valence-electron chi connectivity index (χ4n) is 5.20. The van der Waals surface area contributed by atoms with Crippen molar-refractivity contribution in [3.63, 3.8) is 0 Å². The first-order chi connectivity index (χ1) is 15.4. The Morgan fingerprint density at radius 2 is 1.97 bits per heavy atom. The molecule has 2 aliphatic rings. The van der Waals surface area contributed by atoms with Crippen molar-refractivity contribution in [2.75, 3.05) is 23.3 Å². The minimum absolute atomic E-state index is 0.0523. The predicted molar refractivity (Wildman–Crippen MR) is 138 cm³/mol. The van der Waals surface area contributed by atoms with Crippen molar-refractivity contribution in [3.8, 4) is 0 Å². The average Bonchev–Trinajstić information content (AvgIpc) is 2.78. The first-order valence-electron chi connectivity index (χ1n) is 11.9. The first-order valence-corrected chi connectivity index (χ1v) is 12.7. The van der Waals surface area contributed by atoms with E-state index in [0.717, 1.165) is 42.5 Å². The molecule has 1 saturated heterocycles. The molecular weight excluding hydrogens is 438 g/mol. The van der Waals surface area contributed by atoms with Crippen LogP contribution in [-0.4, -0.2) is 34.2 Å². The van der Waals surface area contributed by atoms with Crippen LogP contribution in [0.4, 0.5) is 11.8 Å². The van der Waals surface area contributed by atoms with Gasteiger partial charge in [-0.1, -0.05) is 43.0 Å². The molecule has 1 unspecified atom stereocenters. The zero-order valence-corrected chi connectivity index (χ0v) is 20.7. The highest BCUT2D eigenvalue weighted by molar-refractivity contribution is 7.80. The SMILES string of the molecule is Cc1cc(N2CCCCC2C)nc(NC(=S)NCC2(c3cccc(Cl)c3)CCCCC2)n1. The molecule has 1 aromatic carbocycles. The summed E-state index contributed by atoms with van der Waals surface area (Å²) in [5.74, 6) is 1.55. The summed E-state index contributed by atoms with van der Waals surface area (Å²) in [6.45, 7) is 6.11. The third-order valence-electron chi connectivity index (χ3n) is 7.00. The normalized spacial score (nSPS) is 20.6. The Hall–Kier alpha value is -1.92. The van der Waals surface area contributed by atoms with E-state index in [-0.39, 0.29) is 5.41 Å². The van der Waals surface area contributed by atoms with E-state index in [9.17, 15) is 0 Å². The van der Waals surface area contributed by atoms with Crippen LogP contribution in [0.1, 0.15) is 69.5 Å². The Morgan fingerprint density at radius 3 is 2.72 bits per heavy atom. The summed E-state index contributed by atoms with van der Waals surface area (Å²) in [6, 6.07) is 10.9. The van der Waals surface area contributed by atoms with Crippen molar-refractivity contribution < 1.29 is 0 Å². The van der Waals surface area contributed by atoms with E-state index >= 15 is 0 Å². The number of nitrogens with one attached hydrogen (secondary N) is 2. The van der Waals surface area contributed by atoms with E-state index in [1.807, 2.05) is 19.1 Å². The number of aryl methyl sites for hydroxylation is 1. The number of rotatable bonds is 5. The lowest BCUT2D eigenvalue weighted by Crippen LogP contribution is -2.43. The lowest BCUT2D eigenvalue weighted by molar-refractivity contribution is 0.292. The Labute approximate surface area is 202 Å². The largest absolute Gasteiger partial charge is 0.361 e. The number of nitrogens with zero attached hydrogens (tertiary/aromatic N) is 3. The molecule has 4 rings (SSSR count). The van der Waals surface area contributed by atoms with Gasteiger partial charge in [0, 0.05) is 41.3 Å². The van der Waals surface area contributed by atoms with E-state index in [1.54, 1.807) is 0 Å². The van der Waals surface area contributed by atoms with Gasteiger partial charge in [0.25, 0.3) is 0 Å². The summed E-state index contributed by atoms with van der Waals surface area (Å²) in [6.07, 6.45) is 9.73. The Kier molecular flexibility index (Phi) is 7.51. The number of piperidine rings is 1. The van der Waals surface area contributed by atoms with Gasteiger partial charge in [-0.25, -0.2) is 4.98 Å². The van der Waals surface area contributed by atoms with E-state index in [1.165, 1.54) is 44.1 Å². The van der Waals surface area contributed by atoms with E-state index in [0.29, 0.717) is 17.1 Å². The quantitative estimate of drug-likeness (QED) is 0.521. The van der Waals surface area contributed by atoms with Gasteiger partial charge < -0.3 is 15.5 Å². The number of thiocarbonyl (C=S) groups is 1. The average molecular weight is 472 g/mol. The molecule has 0 radical (unpaired) electrons. The minimum atomic E-state index is 0.0523. The van der Waals surface area contributed by atoms with E-state index < -0.39 is 0 Å².